The Balaban J connectivity index is 2.21. The highest BCUT2D eigenvalue weighted by Crippen LogP contribution is 2.17. The Labute approximate surface area is 142 Å². The van der Waals surface area contributed by atoms with Crippen LogP contribution in [0.15, 0.2) is 45.8 Å². The molecule has 0 aliphatic heterocycles. The van der Waals surface area contributed by atoms with Crippen molar-refractivity contribution in [2.75, 3.05) is 6.26 Å². The van der Waals surface area contributed by atoms with E-state index in [1.165, 1.54) is 24.3 Å². The van der Waals surface area contributed by atoms with Gasteiger partial charge in [0, 0.05) is 22.8 Å². The van der Waals surface area contributed by atoms with Crippen LogP contribution in [0.3, 0.4) is 0 Å². The van der Waals surface area contributed by atoms with Crippen LogP contribution in [-0.2, 0) is 16.4 Å². The molecular weight excluding hydrogens is 385 g/mol. The van der Waals surface area contributed by atoms with Gasteiger partial charge in [-0.05, 0) is 48.4 Å². The molecule has 0 aromatic heterocycles. The number of benzene rings is 2. The molecule has 2 rings (SSSR count). The molecule has 7 heteroatoms. The smallest absolute Gasteiger partial charge is 0.251 e. The van der Waals surface area contributed by atoms with Crippen molar-refractivity contribution in [1.29, 1.82) is 0 Å². The number of halogens is 2. The second-order valence-corrected chi connectivity index (χ2v) is 8.14. The molecule has 0 atom stereocenters. The molecule has 0 saturated carbocycles. The summed E-state index contributed by atoms with van der Waals surface area (Å²) in [5.74, 6) is -0.813. The monoisotopic (exact) mass is 399 g/mol. The van der Waals surface area contributed by atoms with E-state index in [4.69, 9.17) is 0 Å². The first kappa shape index (κ1) is 17.6. The van der Waals surface area contributed by atoms with Crippen LogP contribution in [0.1, 0.15) is 21.5 Å². The minimum absolute atomic E-state index is 0.0850. The quantitative estimate of drug-likeness (QED) is 0.857. The van der Waals surface area contributed by atoms with Gasteiger partial charge in [-0.2, -0.15) is 0 Å². The van der Waals surface area contributed by atoms with Gasteiger partial charge >= 0.3 is 0 Å². The van der Waals surface area contributed by atoms with E-state index in [0.717, 1.165) is 6.26 Å². The van der Waals surface area contributed by atoms with Gasteiger partial charge in [-0.15, -0.1) is 0 Å². The second kappa shape index (κ2) is 6.80. The maximum Gasteiger partial charge on any atom is 0.251 e. The topological polar surface area (TPSA) is 63.2 Å². The van der Waals surface area contributed by atoms with Gasteiger partial charge < -0.3 is 5.32 Å². The average molecular weight is 400 g/mol. The van der Waals surface area contributed by atoms with Gasteiger partial charge in [0.25, 0.3) is 5.91 Å². The van der Waals surface area contributed by atoms with Crippen LogP contribution >= 0.6 is 15.9 Å². The first-order valence-corrected chi connectivity index (χ1v) is 9.39. The number of hydrogen-bond acceptors (Lipinski definition) is 3. The first-order chi connectivity index (χ1) is 10.7. The van der Waals surface area contributed by atoms with Crippen LogP contribution < -0.4 is 5.32 Å². The number of sulfone groups is 1. The van der Waals surface area contributed by atoms with Gasteiger partial charge in [-0.25, -0.2) is 12.8 Å². The van der Waals surface area contributed by atoms with E-state index in [2.05, 4.69) is 21.2 Å². The number of nitrogens with one attached hydrogen (secondary N) is 1. The molecule has 0 spiro atoms. The highest BCUT2D eigenvalue weighted by atomic mass is 79.9. The largest absolute Gasteiger partial charge is 0.348 e. The number of aryl methyl sites for hydroxylation is 1. The van der Waals surface area contributed by atoms with Gasteiger partial charge in [0.05, 0.1) is 4.90 Å². The molecule has 2 aromatic carbocycles. The van der Waals surface area contributed by atoms with E-state index in [1.54, 1.807) is 19.1 Å². The summed E-state index contributed by atoms with van der Waals surface area (Å²) in [5.41, 5.74) is 1.54. The summed E-state index contributed by atoms with van der Waals surface area (Å²) in [7, 11) is -3.39. The Hall–Kier alpha value is -1.73. The highest BCUT2D eigenvalue weighted by molar-refractivity contribution is 9.10. The van der Waals surface area contributed by atoms with Crippen molar-refractivity contribution in [3.63, 3.8) is 0 Å². The fourth-order valence-corrected chi connectivity index (χ4v) is 3.23. The van der Waals surface area contributed by atoms with E-state index >= 15 is 0 Å². The number of rotatable bonds is 4. The number of amides is 1. The zero-order valence-corrected chi connectivity index (χ0v) is 15.0. The molecule has 0 aliphatic rings. The SMILES string of the molecule is Cc1ccc(S(C)(=O)=O)cc1C(=O)NCc1cc(F)cc(Br)c1. The molecule has 1 N–H and O–H groups in total. The van der Waals surface area contributed by atoms with E-state index in [0.29, 0.717) is 15.6 Å². The van der Waals surface area contributed by atoms with E-state index in [1.807, 2.05) is 0 Å². The molecule has 0 bridgehead atoms. The molecule has 122 valence electrons. The van der Waals surface area contributed by atoms with Gasteiger partial charge in [-0.3, -0.25) is 4.79 Å². The summed E-state index contributed by atoms with van der Waals surface area (Å²) in [5, 5.41) is 2.67. The molecule has 4 nitrogen and oxygen atoms in total. The van der Waals surface area contributed by atoms with Gasteiger partial charge in [0.2, 0.25) is 0 Å². The summed E-state index contributed by atoms with van der Waals surface area (Å²) < 4.78 is 37.1. The minimum Gasteiger partial charge on any atom is -0.348 e. The number of carbonyl (C=O) groups is 1. The van der Waals surface area contributed by atoms with Crippen molar-refractivity contribution in [2.45, 2.75) is 18.4 Å². The average Bonchev–Trinajstić information content (AvgIpc) is 2.43. The van der Waals surface area contributed by atoms with Crippen LogP contribution in [-0.4, -0.2) is 20.6 Å². The van der Waals surface area contributed by atoms with Gasteiger partial charge in [-0.1, -0.05) is 22.0 Å². The lowest BCUT2D eigenvalue weighted by Crippen LogP contribution is -2.24. The van der Waals surface area contributed by atoms with E-state index in [9.17, 15) is 17.6 Å². The zero-order chi connectivity index (χ0) is 17.2. The van der Waals surface area contributed by atoms with Crippen molar-refractivity contribution in [2.24, 2.45) is 0 Å². The summed E-state index contributed by atoms with van der Waals surface area (Å²) >= 11 is 3.19. The molecule has 0 aliphatic carbocycles. The molecule has 1 amide bonds. The van der Waals surface area contributed by atoms with Gasteiger partial charge in [0.1, 0.15) is 5.82 Å². The van der Waals surface area contributed by atoms with E-state index in [-0.39, 0.29) is 17.0 Å². The lowest BCUT2D eigenvalue weighted by molar-refractivity contribution is 0.0950. The van der Waals surface area contributed by atoms with Crippen LogP contribution in [0.4, 0.5) is 4.39 Å². The van der Waals surface area contributed by atoms with Crippen molar-refractivity contribution in [3.05, 3.63) is 63.4 Å². The molecule has 0 unspecified atom stereocenters. The maximum atomic E-state index is 13.3. The number of hydrogen-bond donors (Lipinski definition) is 1. The Bertz CT molecular complexity index is 845. The molecule has 0 heterocycles. The third-order valence-electron chi connectivity index (χ3n) is 3.26. The zero-order valence-electron chi connectivity index (χ0n) is 12.6. The first-order valence-electron chi connectivity index (χ1n) is 6.70. The Morgan fingerprint density at radius 2 is 1.91 bits per heavy atom. The van der Waals surface area contributed by atoms with E-state index < -0.39 is 21.6 Å². The normalized spacial score (nSPS) is 11.3. The Morgan fingerprint density at radius 1 is 1.22 bits per heavy atom. The van der Waals surface area contributed by atoms with Crippen molar-refractivity contribution in [1.82, 2.24) is 5.32 Å². The lowest BCUT2D eigenvalue weighted by Gasteiger charge is -2.10. The van der Waals surface area contributed by atoms with Gasteiger partial charge in [0.15, 0.2) is 9.84 Å². The molecule has 0 fully saturated rings. The summed E-state index contributed by atoms with van der Waals surface area (Å²) in [4.78, 5) is 12.4. The fourth-order valence-electron chi connectivity index (χ4n) is 2.07. The number of carbonyl (C=O) groups excluding carboxylic acids is 1. The molecule has 2 aromatic rings. The summed E-state index contributed by atoms with van der Waals surface area (Å²) in [6, 6.07) is 8.75. The minimum atomic E-state index is -3.39. The van der Waals surface area contributed by atoms with Crippen LogP contribution in [0.5, 0.6) is 0 Å². The third-order valence-corrected chi connectivity index (χ3v) is 4.83. The predicted octanol–water partition coefficient (Wildman–Crippen LogP) is 3.23. The standard InChI is InChI=1S/C16H15BrFNO3S/c1-10-3-4-14(23(2,21)22)8-15(10)16(20)19-9-11-5-12(17)7-13(18)6-11/h3-8H,9H2,1-2H3,(H,19,20). The van der Waals surface area contributed by atoms with Crippen LogP contribution in [0, 0.1) is 12.7 Å². The van der Waals surface area contributed by atoms with Crippen molar-refractivity contribution >= 4 is 31.7 Å². The lowest BCUT2D eigenvalue weighted by atomic mass is 10.1. The Kier molecular flexibility index (Phi) is 5.21. The molecule has 23 heavy (non-hydrogen) atoms. The predicted molar refractivity (Wildman–Crippen MR) is 89.6 cm³/mol. The second-order valence-electron chi connectivity index (χ2n) is 5.21. The fraction of sp³-hybridized carbons (Fsp3) is 0.188. The van der Waals surface area contributed by atoms with Crippen molar-refractivity contribution < 1.29 is 17.6 Å². The molecule has 0 radical (unpaired) electrons. The summed E-state index contributed by atoms with van der Waals surface area (Å²) in [6.07, 6.45) is 1.09. The molecule has 0 saturated heterocycles. The van der Waals surface area contributed by atoms with Crippen LogP contribution in [0.2, 0.25) is 0 Å². The maximum absolute atomic E-state index is 13.3. The third kappa shape index (κ3) is 4.62. The Morgan fingerprint density at radius 3 is 2.52 bits per heavy atom. The van der Waals surface area contributed by atoms with Crippen LogP contribution in [0.25, 0.3) is 0 Å². The molecular formula is C16H15BrFNO3S. The highest BCUT2D eigenvalue weighted by Gasteiger charge is 2.14. The summed E-state index contributed by atoms with van der Waals surface area (Å²) in [6.45, 7) is 1.86. The van der Waals surface area contributed by atoms with Crippen molar-refractivity contribution in [3.8, 4) is 0 Å².